The SMILES string of the molecule is CNC(C)(C)C(=O)Nc1c(Br)cc(Br)cc1C(=O)OC. The number of halogens is 2. The molecular formula is C13H16Br2N2O3. The van der Waals surface area contributed by atoms with Crippen molar-refractivity contribution >= 4 is 49.4 Å². The number of rotatable bonds is 4. The average Bonchev–Trinajstić information content (AvgIpc) is 2.40. The largest absolute Gasteiger partial charge is 0.465 e. The van der Waals surface area contributed by atoms with Gasteiger partial charge in [0.1, 0.15) is 0 Å². The minimum atomic E-state index is -0.764. The molecule has 0 heterocycles. The quantitative estimate of drug-likeness (QED) is 0.753. The lowest BCUT2D eigenvalue weighted by Crippen LogP contribution is -2.48. The predicted molar refractivity (Wildman–Crippen MR) is 84.9 cm³/mol. The molecule has 0 aliphatic rings. The van der Waals surface area contributed by atoms with Crippen molar-refractivity contribution in [3.8, 4) is 0 Å². The maximum absolute atomic E-state index is 12.2. The summed E-state index contributed by atoms with van der Waals surface area (Å²) in [5, 5.41) is 5.64. The zero-order chi connectivity index (χ0) is 15.5. The van der Waals surface area contributed by atoms with Gasteiger partial charge in [-0.1, -0.05) is 15.9 Å². The first kappa shape index (κ1) is 17.1. The van der Waals surface area contributed by atoms with Crippen LogP contribution in [0, 0.1) is 0 Å². The molecule has 0 saturated carbocycles. The fraction of sp³-hybridized carbons (Fsp3) is 0.385. The normalized spacial score (nSPS) is 11.1. The maximum atomic E-state index is 12.2. The smallest absolute Gasteiger partial charge is 0.340 e. The lowest BCUT2D eigenvalue weighted by Gasteiger charge is -2.24. The van der Waals surface area contributed by atoms with E-state index in [-0.39, 0.29) is 11.5 Å². The van der Waals surface area contributed by atoms with E-state index in [1.165, 1.54) is 7.11 Å². The lowest BCUT2D eigenvalue weighted by atomic mass is 10.0. The molecule has 0 aliphatic carbocycles. The van der Waals surface area contributed by atoms with E-state index < -0.39 is 11.5 Å². The number of benzene rings is 1. The van der Waals surface area contributed by atoms with Crippen LogP contribution in [-0.4, -0.2) is 31.6 Å². The van der Waals surface area contributed by atoms with Crippen LogP contribution < -0.4 is 10.6 Å². The molecule has 0 fully saturated rings. The van der Waals surface area contributed by atoms with E-state index in [2.05, 4.69) is 42.5 Å². The zero-order valence-electron chi connectivity index (χ0n) is 11.6. The van der Waals surface area contributed by atoms with Crippen LogP contribution in [0.3, 0.4) is 0 Å². The minimum Gasteiger partial charge on any atom is -0.465 e. The number of hydrogen-bond acceptors (Lipinski definition) is 4. The molecule has 110 valence electrons. The number of likely N-dealkylation sites (N-methyl/N-ethyl adjacent to an activating group) is 1. The third-order valence-electron chi connectivity index (χ3n) is 2.89. The number of carbonyl (C=O) groups is 2. The molecule has 1 aromatic carbocycles. The molecule has 0 saturated heterocycles. The van der Waals surface area contributed by atoms with E-state index in [0.29, 0.717) is 14.6 Å². The van der Waals surface area contributed by atoms with Gasteiger partial charge in [0, 0.05) is 8.95 Å². The Hall–Kier alpha value is -0.920. The first-order valence-electron chi connectivity index (χ1n) is 5.80. The molecule has 0 atom stereocenters. The monoisotopic (exact) mass is 406 g/mol. The summed E-state index contributed by atoms with van der Waals surface area (Å²) < 4.78 is 6.03. The third-order valence-corrected chi connectivity index (χ3v) is 3.97. The Kier molecular flexibility index (Phi) is 5.73. The standard InChI is InChI=1S/C13H16Br2N2O3/c1-13(2,16-3)12(19)17-10-8(11(18)20-4)5-7(14)6-9(10)15/h5-6,16H,1-4H3,(H,17,19). The van der Waals surface area contributed by atoms with Crippen LogP contribution in [0.1, 0.15) is 24.2 Å². The number of nitrogens with one attached hydrogen (secondary N) is 2. The Morgan fingerprint density at radius 2 is 1.85 bits per heavy atom. The summed E-state index contributed by atoms with van der Waals surface area (Å²) in [6.07, 6.45) is 0. The highest BCUT2D eigenvalue weighted by atomic mass is 79.9. The van der Waals surface area contributed by atoms with Crippen LogP contribution in [0.25, 0.3) is 0 Å². The van der Waals surface area contributed by atoms with Crippen molar-refractivity contribution in [1.82, 2.24) is 5.32 Å². The summed E-state index contributed by atoms with van der Waals surface area (Å²) in [6.45, 7) is 3.49. The highest BCUT2D eigenvalue weighted by molar-refractivity contribution is 9.11. The second-order valence-electron chi connectivity index (χ2n) is 4.63. The van der Waals surface area contributed by atoms with Crippen molar-refractivity contribution in [2.75, 3.05) is 19.5 Å². The summed E-state index contributed by atoms with van der Waals surface area (Å²) in [5.41, 5.74) is -0.109. The van der Waals surface area contributed by atoms with Gasteiger partial charge in [0.25, 0.3) is 0 Å². The van der Waals surface area contributed by atoms with Crippen molar-refractivity contribution in [1.29, 1.82) is 0 Å². The highest BCUT2D eigenvalue weighted by Crippen LogP contribution is 2.31. The second kappa shape index (κ2) is 6.69. The summed E-state index contributed by atoms with van der Waals surface area (Å²) >= 11 is 6.64. The van der Waals surface area contributed by atoms with Gasteiger partial charge in [0.2, 0.25) is 5.91 Å². The molecule has 2 N–H and O–H groups in total. The Bertz CT molecular complexity index is 545. The van der Waals surface area contributed by atoms with Crippen LogP contribution >= 0.6 is 31.9 Å². The first-order chi connectivity index (χ1) is 9.22. The lowest BCUT2D eigenvalue weighted by molar-refractivity contribution is -0.121. The Morgan fingerprint density at radius 3 is 2.35 bits per heavy atom. The van der Waals surface area contributed by atoms with Gasteiger partial charge in [0.15, 0.2) is 0 Å². The highest BCUT2D eigenvalue weighted by Gasteiger charge is 2.27. The van der Waals surface area contributed by atoms with Crippen molar-refractivity contribution in [2.45, 2.75) is 19.4 Å². The molecule has 20 heavy (non-hydrogen) atoms. The van der Waals surface area contributed by atoms with E-state index >= 15 is 0 Å². The van der Waals surface area contributed by atoms with E-state index in [0.717, 1.165) is 0 Å². The van der Waals surface area contributed by atoms with Crippen molar-refractivity contribution in [2.24, 2.45) is 0 Å². The molecule has 1 rings (SSSR count). The molecule has 0 radical (unpaired) electrons. The van der Waals surface area contributed by atoms with Crippen molar-refractivity contribution < 1.29 is 14.3 Å². The van der Waals surface area contributed by atoms with Gasteiger partial charge >= 0.3 is 5.97 Å². The molecule has 0 aliphatic heterocycles. The van der Waals surface area contributed by atoms with Crippen LogP contribution in [0.5, 0.6) is 0 Å². The van der Waals surface area contributed by atoms with E-state index in [4.69, 9.17) is 4.74 Å². The van der Waals surface area contributed by atoms with E-state index in [1.54, 1.807) is 33.0 Å². The molecule has 5 nitrogen and oxygen atoms in total. The summed E-state index contributed by atoms with van der Waals surface area (Å²) in [5.74, 6) is -0.780. The summed E-state index contributed by atoms with van der Waals surface area (Å²) in [4.78, 5) is 24.0. The fourth-order valence-electron chi connectivity index (χ4n) is 1.35. The minimum absolute atomic E-state index is 0.256. The summed E-state index contributed by atoms with van der Waals surface area (Å²) in [7, 11) is 2.98. The van der Waals surface area contributed by atoms with Gasteiger partial charge in [0.05, 0.1) is 23.9 Å². The third kappa shape index (κ3) is 3.80. The van der Waals surface area contributed by atoms with Gasteiger partial charge in [-0.25, -0.2) is 4.79 Å². The van der Waals surface area contributed by atoms with Crippen molar-refractivity contribution in [3.63, 3.8) is 0 Å². The van der Waals surface area contributed by atoms with Gasteiger partial charge in [-0.05, 0) is 49.0 Å². The number of esters is 1. The van der Waals surface area contributed by atoms with Crippen molar-refractivity contribution in [3.05, 3.63) is 26.6 Å². The van der Waals surface area contributed by atoms with E-state index in [1.807, 2.05) is 0 Å². The van der Waals surface area contributed by atoms with Gasteiger partial charge < -0.3 is 15.4 Å². The molecule has 0 spiro atoms. The predicted octanol–water partition coefficient (Wildman–Crippen LogP) is 2.93. The van der Waals surface area contributed by atoms with Crippen LogP contribution in [-0.2, 0) is 9.53 Å². The Morgan fingerprint density at radius 1 is 1.25 bits per heavy atom. The maximum Gasteiger partial charge on any atom is 0.340 e. The molecule has 0 aromatic heterocycles. The molecule has 0 bridgehead atoms. The molecule has 1 amide bonds. The zero-order valence-corrected chi connectivity index (χ0v) is 14.8. The van der Waals surface area contributed by atoms with E-state index in [9.17, 15) is 9.59 Å². The second-order valence-corrected chi connectivity index (χ2v) is 6.40. The number of amides is 1. The van der Waals surface area contributed by atoms with Gasteiger partial charge in [-0.2, -0.15) is 0 Å². The molecule has 1 aromatic rings. The van der Waals surface area contributed by atoms with Gasteiger partial charge in [-0.3, -0.25) is 4.79 Å². The number of carbonyl (C=O) groups excluding carboxylic acids is 2. The number of anilines is 1. The van der Waals surface area contributed by atoms with Crippen LogP contribution in [0.2, 0.25) is 0 Å². The fourth-order valence-corrected chi connectivity index (χ4v) is 2.68. The van der Waals surface area contributed by atoms with Gasteiger partial charge in [-0.15, -0.1) is 0 Å². The Balaban J connectivity index is 3.24. The topological polar surface area (TPSA) is 67.4 Å². The number of ether oxygens (including phenoxy) is 1. The molecule has 7 heteroatoms. The number of methoxy groups -OCH3 is 1. The van der Waals surface area contributed by atoms with Crippen LogP contribution in [0.15, 0.2) is 21.1 Å². The van der Waals surface area contributed by atoms with Crippen LogP contribution in [0.4, 0.5) is 5.69 Å². The average molecular weight is 408 g/mol. The summed E-state index contributed by atoms with van der Waals surface area (Å²) in [6, 6.07) is 3.34. The molecular weight excluding hydrogens is 392 g/mol. The first-order valence-corrected chi connectivity index (χ1v) is 7.39. The number of hydrogen-bond donors (Lipinski definition) is 2. The molecule has 0 unspecified atom stereocenters. The Labute approximate surface area is 134 Å².